The molecule has 0 saturated heterocycles. The van der Waals surface area contributed by atoms with E-state index in [2.05, 4.69) is 11.4 Å². The molecule has 2 aromatic rings. The Balaban J connectivity index is 2.03. The first-order valence-corrected chi connectivity index (χ1v) is 6.28. The monoisotopic (exact) mass is 268 g/mol. The van der Waals surface area contributed by atoms with Crippen LogP contribution in [0.3, 0.4) is 0 Å². The van der Waals surface area contributed by atoms with Crippen molar-refractivity contribution >= 4 is 5.69 Å². The second-order valence-corrected chi connectivity index (χ2v) is 4.38. The van der Waals surface area contributed by atoms with Crippen LogP contribution in [0, 0.1) is 11.3 Å². The second kappa shape index (κ2) is 6.48. The molecule has 2 rings (SSSR count). The van der Waals surface area contributed by atoms with E-state index in [1.54, 1.807) is 25.3 Å². The maximum absolute atomic E-state index is 9.79. The molecule has 0 spiro atoms. The summed E-state index contributed by atoms with van der Waals surface area (Å²) in [6.07, 6.45) is 0.414. The second-order valence-electron chi connectivity index (χ2n) is 4.38. The van der Waals surface area contributed by atoms with Crippen LogP contribution in [0.1, 0.15) is 11.1 Å². The molecule has 0 aliphatic rings. The van der Waals surface area contributed by atoms with Gasteiger partial charge in [-0.05, 0) is 35.9 Å². The summed E-state index contributed by atoms with van der Waals surface area (Å²) in [5, 5.41) is 21.6. The normalized spacial score (nSPS) is 9.80. The number of aromatic hydroxyl groups is 1. The van der Waals surface area contributed by atoms with E-state index in [-0.39, 0.29) is 5.75 Å². The van der Waals surface area contributed by atoms with Crippen LogP contribution in [0.4, 0.5) is 5.69 Å². The Bertz CT molecular complexity index is 615. The summed E-state index contributed by atoms with van der Waals surface area (Å²) in [7, 11) is 1.59. The molecule has 0 heterocycles. The number of methoxy groups -OCH3 is 1. The van der Waals surface area contributed by atoms with E-state index in [0.717, 1.165) is 16.8 Å². The highest BCUT2D eigenvalue weighted by Gasteiger charge is 2.03. The Morgan fingerprint density at radius 3 is 2.60 bits per heavy atom. The predicted octanol–water partition coefficient (Wildman–Crippen LogP) is 3.08. The van der Waals surface area contributed by atoms with E-state index in [9.17, 15) is 5.11 Å². The van der Waals surface area contributed by atoms with E-state index in [4.69, 9.17) is 10.00 Å². The first-order chi connectivity index (χ1) is 9.72. The first-order valence-electron chi connectivity index (χ1n) is 6.28. The quantitative estimate of drug-likeness (QED) is 0.874. The van der Waals surface area contributed by atoms with Crippen molar-refractivity contribution in [1.29, 1.82) is 5.26 Å². The Morgan fingerprint density at radius 1 is 1.20 bits per heavy atom. The maximum Gasteiger partial charge on any atom is 0.120 e. The molecule has 0 fully saturated rings. The molecule has 0 aliphatic heterocycles. The number of hydrogen-bond donors (Lipinski definition) is 2. The number of phenols is 1. The molecular weight excluding hydrogens is 252 g/mol. The van der Waals surface area contributed by atoms with Crippen molar-refractivity contribution in [3.63, 3.8) is 0 Å². The van der Waals surface area contributed by atoms with Crippen molar-refractivity contribution in [3.8, 4) is 17.6 Å². The lowest BCUT2D eigenvalue weighted by Gasteiger charge is -2.10. The Kier molecular flexibility index (Phi) is 4.46. The van der Waals surface area contributed by atoms with Crippen LogP contribution in [0.15, 0.2) is 42.5 Å². The molecule has 0 amide bonds. The fourth-order valence-electron chi connectivity index (χ4n) is 1.86. The number of nitriles is 1. The van der Waals surface area contributed by atoms with Crippen LogP contribution >= 0.6 is 0 Å². The molecule has 0 unspecified atom stereocenters. The molecule has 2 aromatic carbocycles. The lowest BCUT2D eigenvalue weighted by atomic mass is 10.1. The molecule has 4 heteroatoms. The van der Waals surface area contributed by atoms with E-state index < -0.39 is 0 Å². The minimum atomic E-state index is 0.236. The maximum atomic E-state index is 9.79. The van der Waals surface area contributed by atoms with Gasteiger partial charge >= 0.3 is 0 Å². The van der Waals surface area contributed by atoms with Crippen LogP contribution in [0.2, 0.25) is 0 Å². The number of benzene rings is 2. The van der Waals surface area contributed by atoms with Gasteiger partial charge in [0.05, 0.1) is 19.6 Å². The summed E-state index contributed by atoms with van der Waals surface area (Å²) in [5.74, 6) is 0.948. The average Bonchev–Trinajstić information content (AvgIpc) is 2.48. The van der Waals surface area contributed by atoms with Gasteiger partial charge in [0.25, 0.3) is 0 Å². The molecular formula is C16H16N2O2. The Morgan fingerprint density at radius 2 is 1.95 bits per heavy atom. The molecule has 20 heavy (non-hydrogen) atoms. The highest BCUT2D eigenvalue weighted by molar-refractivity contribution is 5.47. The zero-order valence-electron chi connectivity index (χ0n) is 11.3. The van der Waals surface area contributed by atoms with Crippen LogP contribution in [0.25, 0.3) is 0 Å². The third-order valence-corrected chi connectivity index (χ3v) is 3.01. The molecule has 0 atom stereocenters. The van der Waals surface area contributed by atoms with Gasteiger partial charge in [-0.15, -0.1) is 0 Å². The smallest absolute Gasteiger partial charge is 0.120 e. The molecule has 0 saturated carbocycles. The topological polar surface area (TPSA) is 65.3 Å². The van der Waals surface area contributed by atoms with Crippen molar-refractivity contribution in [2.24, 2.45) is 0 Å². The van der Waals surface area contributed by atoms with Gasteiger partial charge in [0.1, 0.15) is 11.5 Å². The third kappa shape index (κ3) is 3.42. The number of hydrogen-bond acceptors (Lipinski definition) is 4. The largest absolute Gasteiger partial charge is 0.508 e. The average molecular weight is 268 g/mol. The fourth-order valence-corrected chi connectivity index (χ4v) is 1.86. The summed E-state index contributed by atoms with van der Waals surface area (Å²) in [6, 6.07) is 14.9. The van der Waals surface area contributed by atoms with Gasteiger partial charge in [0, 0.05) is 17.8 Å². The van der Waals surface area contributed by atoms with Gasteiger partial charge in [-0.3, -0.25) is 0 Å². The minimum Gasteiger partial charge on any atom is -0.508 e. The summed E-state index contributed by atoms with van der Waals surface area (Å²) in [6.45, 7) is 0.501. The molecule has 0 aliphatic carbocycles. The number of rotatable bonds is 5. The zero-order valence-corrected chi connectivity index (χ0v) is 11.3. The molecule has 0 aromatic heterocycles. The summed E-state index contributed by atoms with van der Waals surface area (Å²) in [5.41, 5.74) is 2.70. The number of ether oxygens (including phenoxy) is 1. The minimum absolute atomic E-state index is 0.236. The number of anilines is 1. The van der Waals surface area contributed by atoms with Gasteiger partial charge in [0.2, 0.25) is 0 Å². The van der Waals surface area contributed by atoms with E-state index >= 15 is 0 Å². The number of phenolic OH excluding ortho intramolecular Hbond substituents is 1. The van der Waals surface area contributed by atoms with Crippen molar-refractivity contribution in [2.75, 3.05) is 12.4 Å². The SMILES string of the molecule is COc1ccc(O)c(CNc2ccc(CC#N)cc2)c1. The highest BCUT2D eigenvalue weighted by Crippen LogP contribution is 2.23. The van der Waals surface area contributed by atoms with Crippen molar-refractivity contribution < 1.29 is 9.84 Å². The lowest BCUT2D eigenvalue weighted by molar-refractivity contribution is 0.411. The summed E-state index contributed by atoms with van der Waals surface area (Å²) in [4.78, 5) is 0. The lowest BCUT2D eigenvalue weighted by Crippen LogP contribution is -2.00. The van der Waals surface area contributed by atoms with Crippen molar-refractivity contribution in [3.05, 3.63) is 53.6 Å². The van der Waals surface area contributed by atoms with E-state index in [1.807, 2.05) is 24.3 Å². The van der Waals surface area contributed by atoms with E-state index in [0.29, 0.717) is 18.7 Å². The standard InChI is InChI=1S/C16H16N2O2/c1-20-15-6-7-16(19)13(10-15)11-18-14-4-2-12(3-5-14)8-9-17/h2-7,10,18-19H,8,11H2,1H3. The first kappa shape index (κ1) is 13.8. The molecule has 4 nitrogen and oxygen atoms in total. The Labute approximate surface area is 118 Å². The Hall–Kier alpha value is -2.67. The van der Waals surface area contributed by atoms with Crippen molar-refractivity contribution in [1.82, 2.24) is 0 Å². The third-order valence-electron chi connectivity index (χ3n) is 3.01. The van der Waals surface area contributed by atoms with Crippen LogP contribution < -0.4 is 10.1 Å². The van der Waals surface area contributed by atoms with Gasteiger partial charge in [-0.2, -0.15) is 5.26 Å². The van der Waals surface area contributed by atoms with Gasteiger partial charge < -0.3 is 15.2 Å². The highest BCUT2D eigenvalue weighted by atomic mass is 16.5. The molecule has 0 radical (unpaired) electrons. The van der Waals surface area contributed by atoms with Crippen LogP contribution in [0.5, 0.6) is 11.5 Å². The van der Waals surface area contributed by atoms with Gasteiger partial charge in [-0.25, -0.2) is 0 Å². The molecule has 0 bridgehead atoms. The zero-order chi connectivity index (χ0) is 14.4. The van der Waals surface area contributed by atoms with Crippen LogP contribution in [-0.2, 0) is 13.0 Å². The van der Waals surface area contributed by atoms with E-state index in [1.165, 1.54) is 0 Å². The number of nitrogens with zero attached hydrogens (tertiary/aromatic N) is 1. The molecule has 2 N–H and O–H groups in total. The van der Waals surface area contributed by atoms with Crippen LogP contribution in [-0.4, -0.2) is 12.2 Å². The summed E-state index contributed by atoms with van der Waals surface area (Å²) >= 11 is 0. The molecule has 102 valence electrons. The number of nitrogens with one attached hydrogen (secondary N) is 1. The van der Waals surface area contributed by atoms with Gasteiger partial charge in [-0.1, -0.05) is 12.1 Å². The predicted molar refractivity (Wildman–Crippen MR) is 77.7 cm³/mol. The van der Waals surface area contributed by atoms with Gasteiger partial charge in [0.15, 0.2) is 0 Å². The van der Waals surface area contributed by atoms with Crippen molar-refractivity contribution in [2.45, 2.75) is 13.0 Å². The fraction of sp³-hybridized carbons (Fsp3) is 0.188. The summed E-state index contributed by atoms with van der Waals surface area (Å²) < 4.78 is 5.14.